The van der Waals surface area contributed by atoms with Crippen LogP contribution in [0, 0.1) is 6.92 Å². The van der Waals surface area contributed by atoms with Crippen LogP contribution in [-0.4, -0.2) is 18.6 Å². The summed E-state index contributed by atoms with van der Waals surface area (Å²) in [7, 11) is 2.12. The summed E-state index contributed by atoms with van der Waals surface area (Å²) in [5.74, 6) is 0.504. The highest BCUT2D eigenvalue weighted by Gasteiger charge is 2.04. The molecular weight excluding hydrogens is 264 g/mol. The van der Waals surface area contributed by atoms with Gasteiger partial charge in [-0.2, -0.15) is 0 Å². The van der Waals surface area contributed by atoms with Crippen LogP contribution in [0.25, 0.3) is 0 Å². The molecule has 1 aromatic carbocycles. The van der Waals surface area contributed by atoms with Crippen molar-refractivity contribution in [2.45, 2.75) is 19.2 Å². The number of aryl methyl sites for hydroxylation is 1. The van der Waals surface area contributed by atoms with E-state index in [0.29, 0.717) is 5.88 Å². The van der Waals surface area contributed by atoms with Gasteiger partial charge in [-0.15, -0.1) is 22.9 Å². The summed E-state index contributed by atoms with van der Waals surface area (Å²) >= 11 is 7.44. The number of hydrogen-bond donors (Lipinski definition) is 0. The van der Waals surface area contributed by atoms with E-state index in [2.05, 4.69) is 48.1 Å². The number of anilines is 1. The van der Waals surface area contributed by atoms with Crippen LogP contribution in [0.5, 0.6) is 0 Å². The van der Waals surface area contributed by atoms with Gasteiger partial charge in [0.15, 0.2) is 0 Å². The van der Waals surface area contributed by atoms with E-state index in [0.717, 1.165) is 23.7 Å². The molecule has 1 aromatic heterocycles. The first-order chi connectivity index (χ1) is 8.69. The Hall–Kier alpha value is -1.06. The van der Waals surface area contributed by atoms with Crippen molar-refractivity contribution in [2.75, 3.05) is 18.5 Å². The Bertz CT molecular complexity index is 510. The molecule has 0 spiro atoms. The first-order valence-electron chi connectivity index (χ1n) is 5.96. The largest absolute Gasteiger partial charge is 0.374 e. The minimum atomic E-state index is 0.504. The molecule has 0 aliphatic carbocycles. The summed E-state index contributed by atoms with van der Waals surface area (Å²) in [6, 6.07) is 8.55. The van der Waals surface area contributed by atoms with Crippen LogP contribution in [-0.2, 0) is 12.3 Å². The molecule has 0 fully saturated rings. The van der Waals surface area contributed by atoms with E-state index in [4.69, 9.17) is 11.6 Å². The van der Waals surface area contributed by atoms with Crippen LogP contribution in [0.1, 0.15) is 16.3 Å². The molecule has 0 N–H and O–H groups in total. The summed E-state index contributed by atoms with van der Waals surface area (Å²) in [5, 5.41) is 3.19. The molecule has 2 nitrogen and oxygen atoms in total. The third-order valence-corrected chi connectivity index (χ3v) is 4.07. The molecule has 0 saturated heterocycles. The zero-order valence-corrected chi connectivity index (χ0v) is 12.3. The Morgan fingerprint density at radius 3 is 2.89 bits per heavy atom. The van der Waals surface area contributed by atoms with Crippen LogP contribution in [0.15, 0.2) is 29.6 Å². The van der Waals surface area contributed by atoms with Gasteiger partial charge in [-0.05, 0) is 24.6 Å². The summed E-state index contributed by atoms with van der Waals surface area (Å²) in [4.78, 5) is 6.73. The molecule has 0 aliphatic heterocycles. The molecule has 0 saturated carbocycles. The SMILES string of the molecule is Cc1cccc(N(C)CCc2nc(CCl)cs2)c1. The van der Waals surface area contributed by atoms with E-state index in [1.165, 1.54) is 11.3 Å². The highest BCUT2D eigenvalue weighted by Crippen LogP contribution is 2.16. The number of rotatable bonds is 5. The van der Waals surface area contributed by atoms with Gasteiger partial charge in [-0.1, -0.05) is 12.1 Å². The van der Waals surface area contributed by atoms with Crippen LogP contribution < -0.4 is 4.90 Å². The van der Waals surface area contributed by atoms with Gasteiger partial charge in [0.05, 0.1) is 16.6 Å². The fourth-order valence-electron chi connectivity index (χ4n) is 1.78. The maximum absolute atomic E-state index is 5.75. The van der Waals surface area contributed by atoms with Gasteiger partial charge in [-0.25, -0.2) is 4.98 Å². The second-order valence-corrected chi connectivity index (χ2v) is 5.59. The van der Waals surface area contributed by atoms with Crippen molar-refractivity contribution >= 4 is 28.6 Å². The fraction of sp³-hybridized carbons (Fsp3) is 0.357. The van der Waals surface area contributed by atoms with Crippen molar-refractivity contribution in [3.8, 4) is 0 Å². The lowest BCUT2D eigenvalue weighted by Crippen LogP contribution is -2.20. The van der Waals surface area contributed by atoms with Crippen molar-refractivity contribution in [2.24, 2.45) is 0 Å². The number of nitrogens with zero attached hydrogens (tertiary/aromatic N) is 2. The Balaban J connectivity index is 1.93. The van der Waals surface area contributed by atoms with Crippen molar-refractivity contribution in [3.05, 3.63) is 45.9 Å². The predicted octanol–water partition coefficient (Wildman–Crippen LogP) is 3.87. The predicted molar refractivity (Wildman–Crippen MR) is 79.8 cm³/mol. The first kappa shape index (κ1) is 13.4. The average molecular weight is 281 g/mol. The Labute approximate surface area is 117 Å². The van der Waals surface area contributed by atoms with E-state index in [1.54, 1.807) is 11.3 Å². The van der Waals surface area contributed by atoms with E-state index >= 15 is 0 Å². The van der Waals surface area contributed by atoms with Crippen molar-refractivity contribution in [1.82, 2.24) is 4.98 Å². The fourth-order valence-corrected chi connectivity index (χ4v) is 2.80. The monoisotopic (exact) mass is 280 g/mol. The molecule has 0 aliphatic rings. The number of halogens is 1. The molecule has 0 radical (unpaired) electrons. The lowest BCUT2D eigenvalue weighted by molar-refractivity contribution is 0.865. The zero-order valence-electron chi connectivity index (χ0n) is 10.7. The number of aromatic nitrogens is 1. The van der Waals surface area contributed by atoms with Gasteiger partial charge in [-0.3, -0.25) is 0 Å². The Morgan fingerprint density at radius 1 is 1.39 bits per heavy atom. The van der Waals surface area contributed by atoms with Crippen molar-refractivity contribution in [3.63, 3.8) is 0 Å². The van der Waals surface area contributed by atoms with Crippen LogP contribution in [0.2, 0.25) is 0 Å². The number of benzene rings is 1. The minimum Gasteiger partial charge on any atom is -0.374 e. The first-order valence-corrected chi connectivity index (χ1v) is 7.37. The Morgan fingerprint density at radius 2 is 2.22 bits per heavy atom. The van der Waals surface area contributed by atoms with Crippen LogP contribution in [0.4, 0.5) is 5.69 Å². The molecule has 0 atom stereocenters. The highest BCUT2D eigenvalue weighted by atomic mass is 35.5. The molecule has 4 heteroatoms. The van der Waals surface area contributed by atoms with Gasteiger partial charge in [0.25, 0.3) is 0 Å². The number of hydrogen-bond acceptors (Lipinski definition) is 3. The van der Waals surface area contributed by atoms with E-state index in [9.17, 15) is 0 Å². The van der Waals surface area contributed by atoms with E-state index in [-0.39, 0.29) is 0 Å². The summed E-state index contributed by atoms with van der Waals surface area (Å²) in [6.07, 6.45) is 0.964. The van der Waals surface area contributed by atoms with E-state index in [1.807, 2.05) is 5.38 Å². The summed E-state index contributed by atoms with van der Waals surface area (Å²) < 4.78 is 0. The molecule has 2 rings (SSSR count). The van der Waals surface area contributed by atoms with Gasteiger partial charge >= 0.3 is 0 Å². The third-order valence-electron chi connectivity index (χ3n) is 2.84. The molecule has 0 amide bonds. The van der Waals surface area contributed by atoms with Gasteiger partial charge in [0.1, 0.15) is 0 Å². The molecule has 2 aromatic rings. The number of alkyl halides is 1. The van der Waals surface area contributed by atoms with Crippen LogP contribution in [0.3, 0.4) is 0 Å². The average Bonchev–Trinajstić information content (AvgIpc) is 2.84. The topological polar surface area (TPSA) is 16.1 Å². The third kappa shape index (κ3) is 3.47. The van der Waals surface area contributed by atoms with E-state index < -0.39 is 0 Å². The lowest BCUT2D eigenvalue weighted by atomic mass is 10.2. The quantitative estimate of drug-likeness (QED) is 0.773. The molecule has 96 valence electrons. The maximum atomic E-state index is 5.75. The maximum Gasteiger partial charge on any atom is 0.0946 e. The van der Waals surface area contributed by atoms with Crippen LogP contribution >= 0.6 is 22.9 Å². The summed E-state index contributed by atoms with van der Waals surface area (Å²) in [6.45, 7) is 3.09. The highest BCUT2D eigenvalue weighted by molar-refractivity contribution is 7.09. The second-order valence-electron chi connectivity index (χ2n) is 4.38. The molecule has 0 bridgehead atoms. The standard InChI is InChI=1S/C14H17ClN2S/c1-11-4-3-5-13(8-11)17(2)7-6-14-16-12(9-15)10-18-14/h3-5,8,10H,6-7,9H2,1-2H3. The van der Waals surface area contributed by atoms with Crippen molar-refractivity contribution < 1.29 is 0 Å². The van der Waals surface area contributed by atoms with Crippen molar-refractivity contribution in [1.29, 1.82) is 0 Å². The zero-order chi connectivity index (χ0) is 13.0. The second kappa shape index (κ2) is 6.21. The molecule has 1 heterocycles. The lowest BCUT2D eigenvalue weighted by Gasteiger charge is -2.19. The van der Waals surface area contributed by atoms with Gasteiger partial charge < -0.3 is 4.90 Å². The molecule has 18 heavy (non-hydrogen) atoms. The number of thiazole rings is 1. The number of likely N-dealkylation sites (N-methyl/N-ethyl adjacent to an activating group) is 1. The van der Waals surface area contributed by atoms with Gasteiger partial charge in [0.2, 0.25) is 0 Å². The smallest absolute Gasteiger partial charge is 0.0946 e. The Kier molecular flexibility index (Phi) is 4.61. The minimum absolute atomic E-state index is 0.504. The van der Waals surface area contributed by atoms with Gasteiger partial charge in [0, 0.05) is 31.1 Å². The normalized spacial score (nSPS) is 10.6. The molecular formula is C14H17ClN2S. The summed E-state index contributed by atoms with van der Waals surface area (Å²) in [5.41, 5.74) is 3.53. The molecule has 0 unspecified atom stereocenters.